The van der Waals surface area contributed by atoms with E-state index in [0.29, 0.717) is 5.02 Å². The predicted octanol–water partition coefficient (Wildman–Crippen LogP) is 3.10. The number of nitrogens with zero attached hydrogens (tertiary/aromatic N) is 3. The molecule has 27 heavy (non-hydrogen) atoms. The molecule has 0 radical (unpaired) electrons. The lowest BCUT2D eigenvalue weighted by Gasteiger charge is -2.09. The van der Waals surface area contributed by atoms with Crippen LogP contribution in [0.3, 0.4) is 0 Å². The van der Waals surface area contributed by atoms with Crippen LogP contribution in [0, 0.1) is 6.92 Å². The van der Waals surface area contributed by atoms with Crippen LogP contribution in [-0.4, -0.2) is 20.9 Å². The average Bonchev–Trinajstić information content (AvgIpc) is 2.61. The van der Waals surface area contributed by atoms with Crippen molar-refractivity contribution in [3.8, 4) is 0 Å². The fourth-order valence-corrected chi connectivity index (χ4v) is 2.43. The average molecular weight is 385 g/mol. The molecule has 0 fully saturated rings. The Morgan fingerprint density at radius 1 is 1.11 bits per heavy atom. The number of carbonyl (C=O) groups excluding carboxylic acids is 1. The molecular weight excluding hydrogens is 368 g/mol. The molecule has 2 aromatic carbocycles. The first-order chi connectivity index (χ1) is 12.9. The molecule has 0 bridgehead atoms. The summed E-state index contributed by atoms with van der Waals surface area (Å²) in [6.07, 6.45) is 0. The number of carbonyl (C=O) groups is 1. The number of aromatic nitrogens is 3. The number of rotatable bonds is 5. The number of esters is 1. The smallest absolute Gasteiger partial charge is 0.340 e. The highest BCUT2D eigenvalue weighted by Crippen LogP contribution is 2.19. The Labute approximate surface area is 160 Å². The van der Waals surface area contributed by atoms with Crippen LogP contribution < -0.4 is 16.8 Å². The van der Waals surface area contributed by atoms with Crippen LogP contribution in [0.25, 0.3) is 0 Å². The van der Waals surface area contributed by atoms with Crippen molar-refractivity contribution in [2.75, 3.05) is 16.8 Å². The van der Waals surface area contributed by atoms with Crippen molar-refractivity contribution in [3.63, 3.8) is 0 Å². The van der Waals surface area contributed by atoms with Crippen LogP contribution in [0.1, 0.15) is 21.7 Å². The zero-order valence-electron chi connectivity index (χ0n) is 14.4. The Morgan fingerprint density at radius 3 is 2.56 bits per heavy atom. The number of anilines is 4. The number of halogens is 1. The summed E-state index contributed by atoms with van der Waals surface area (Å²) in [5.41, 5.74) is 13.9. The van der Waals surface area contributed by atoms with E-state index in [1.54, 1.807) is 6.07 Å². The van der Waals surface area contributed by atoms with Crippen molar-refractivity contribution in [3.05, 3.63) is 64.4 Å². The van der Waals surface area contributed by atoms with Gasteiger partial charge in [-0.2, -0.15) is 15.0 Å². The number of aryl methyl sites for hydroxylation is 1. The van der Waals surface area contributed by atoms with E-state index < -0.39 is 5.97 Å². The Hall–Kier alpha value is -3.39. The van der Waals surface area contributed by atoms with Gasteiger partial charge in [0.15, 0.2) is 12.4 Å². The first-order valence-corrected chi connectivity index (χ1v) is 8.35. The van der Waals surface area contributed by atoms with Crippen LogP contribution in [-0.2, 0) is 11.3 Å². The van der Waals surface area contributed by atoms with Gasteiger partial charge < -0.3 is 21.5 Å². The molecule has 0 aliphatic rings. The van der Waals surface area contributed by atoms with Crippen LogP contribution in [0.5, 0.6) is 0 Å². The van der Waals surface area contributed by atoms with Crippen LogP contribution >= 0.6 is 11.6 Å². The molecule has 0 aliphatic carbocycles. The minimum absolute atomic E-state index is 0.0108. The summed E-state index contributed by atoms with van der Waals surface area (Å²) >= 11 is 5.82. The maximum absolute atomic E-state index is 12.2. The molecule has 5 N–H and O–H groups in total. The Bertz CT molecular complexity index is 978. The zero-order valence-corrected chi connectivity index (χ0v) is 15.2. The summed E-state index contributed by atoms with van der Waals surface area (Å²) in [6.45, 7) is 1.81. The van der Waals surface area contributed by atoms with Gasteiger partial charge in [0.2, 0.25) is 11.9 Å². The maximum atomic E-state index is 12.2. The normalized spacial score (nSPS) is 10.4. The molecule has 1 aromatic heterocycles. The van der Waals surface area contributed by atoms with E-state index >= 15 is 0 Å². The van der Waals surface area contributed by atoms with E-state index in [9.17, 15) is 4.79 Å². The summed E-state index contributed by atoms with van der Waals surface area (Å²) < 4.78 is 5.21. The summed E-state index contributed by atoms with van der Waals surface area (Å²) in [5, 5.41) is 3.46. The largest absolute Gasteiger partial charge is 0.454 e. The summed E-state index contributed by atoms with van der Waals surface area (Å²) in [6, 6.07) is 12.2. The molecule has 0 atom stereocenters. The summed E-state index contributed by atoms with van der Waals surface area (Å²) in [5.74, 6) is -0.144. The lowest BCUT2D eigenvalue weighted by Crippen LogP contribution is -2.12. The molecule has 0 saturated heterocycles. The van der Waals surface area contributed by atoms with Gasteiger partial charge in [0, 0.05) is 16.4 Å². The second-order valence-corrected chi connectivity index (χ2v) is 6.17. The van der Waals surface area contributed by atoms with Crippen LogP contribution in [0.15, 0.2) is 42.5 Å². The molecule has 1 heterocycles. The third kappa shape index (κ3) is 4.83. The van der Waals surface area contributed by atoms with E-state index in [1.165, 1.54) is 12.1 Å². The highest BCUT2D eigenvalue weighted by molar-refractivity contribution is 6.31. The fraction of sp³-hybridized carbons (Fsp3) is 0.111. The Balaban J connectivity index is 1.70. The van der Waals surface area contributed by atoms with Gasteiger partial charge >= 0.3 is 5.97 Å². The minimum atomic E-state index is -0.615. The lowest BCUT2D eigenvalue weighted by molar-refractivity contribution is 0.0463. The molecule has 0 saturated carbocycles. The van der Waals surface area contributed by atoms with Gasteiger partial charge in [0.25, 0.3) is 0 Å². The highest BCUT2D eigenvalue weighted by Gasteiger charge is 2.13. The van der Waals surface area contributed by atoms with Gasteiger partial charge in [0.05, 0.1) is 5.56 Å². The van der Waals surface area contributed by atoms with Gasteiger partial charge in [-0.1, -0.05) is 29.3 Å². The number of nitrogens with one attached hydrogen (secondary N) is 1. The topological polar surface area (TPSA) is 129 Å². The number of benzene rings is 2. The zero-order chi connectivity index (χ0) is 19.4. The van der Waals surface area contributed by atoms with Gasteiger partial charge in [-0.3, -0.25) is 0 Å². The van der Waals surface area contributed by atoms with Gasteiger partial charge in [0.1, 0.15) is 0 Å². The molecule has 0 unspecified atom stereocenters. The van der Waals surface area contributed by atoms with Crippen LogP contribution in [0.2, 0.25) is 5.02 Å². The minimum Gasteiger partial charge on any atom is -0.454 e. The Morgan fingerprint density at radius 2 is 1.85 bits per heavy atom. The summed E-state index contributed by atoms with van der Waals surface area (Å²) in [7, 11) is 0. The molecule has 0 amide bonds. The highest BCUT2D eigenvalue weighted by atomic mass is 35.5. The van der Waals surface area contributed by atoms with Crippen LogP contribution in [0.4, 0.5) is 23.3 Å². The van der Waals surface area contributed by atoms with E-state index in [4.69, 9.17) is 27.8 Å². The number of hydrogen-bond donors (Lipinski definition) is 3. The Kier molecular flexibility index (Phi) is 5.37. The lowest BCUT2D eigenvalue weighted by atomic mass is 10.2. The van der Waals surface area contributed by atoms with E-state index in [-0.39, 0.29) is 35.6 Å². The number of hydrogen-bond acceptors (Lipinski definition) is 8. The van der Waals surface area contributed by atoms with Gasteiger partial charge in [-0.15, -0.1) is 0 Å². The first kappa shape index (κ1) is 18.4. The quantitative estimate of drug-likeness (QED) is 0.452. The molecule has 9 heteroatoms. The standard InChI is InChI=1S/C18H17ClN6O2/c1-10-2-5-12(6-3-10)22-18-24-15(23-17(21)25-18)9-27-16(26)13-7-4-11(19)8-14(13)20/h2-8H,9,20H2,1H3,(H3,21,22,23,24,25). The number of nitrogens with two attached hydrogens (primary N) is 2. The van der Waals surface area contributed by atoms with Crippen molar-refractivity contribution in [1.29, 1.82) is 0 Å². The van der Waals surface area contributed by atoms with Crippen molar-refractivity contribution in [2.45, 2.75) is 13.5 Å². The molecule has 0 aliphatic heterocycles. The summed E-state index contributed by atoms with van der Waals surface area (Å²) in [4.78, 5) is 24.4. The van der Waals surface area contributed by atoms with E-state index in [0.717, 1.165) is 11.3 Å². The van der Waals surface area contributed by atoms with Gasteiger partial charge in [-0.25, -0.2) is 4.79 Å². The predicted molar refractivity (Wildman–Crippen MR) is 104 cm³/mol. The second-order valence-electron chi connectivity index (χ2n) is 5.73. The van der Waals surface area contributed by atoms with E-state index in [2.05, 4.69) is 20.3 Å². The molecule has 0 spiro atoms. The number of nitrogen functional groups attached to an aromatic ring is 2. The molecule has 3 aromatic rings. The maximum Gasteiger partial charge on any atom is 0.340 e. The second kappa shape index (κ2) is 7.88. The third-order valence-electron chi connectivity index (χ3n) is 3.57. The SMILES string of the molecule is Cc1ccc(Nc2nc(N)nc(COC(=O)c3ccc(Cl)cc3N)n2)cc1. The van der Waals surface area contributed by atoms with Crippen molar-refractivity contribution < 1.29 is 9.53 Å². The van der Waals surface area contributed by atoms with Crippen molar-refractivity contribution >= 4 is 40.8 Å². The molecule has 3 rings (SSSR count). The fourth-order valence-electron chi connectivity index (χ4n) is 2.25. The van der Waals surface area contributed by atoms with Gasteiger partial charge in [-0.05, 0) is 37.3 Å². The van der Waals surface area contributed by atoms with Crippen molar-refractivity contribution in [1.82, 2.24) is 15.0 Å². The molecule has 138 valence electrons. The first-order valence-electron chi connectivity index (χ1n) is 7.97. The van der Waals surface area contributed by atoms with E-state index in [1.807, 2.05) is 31.2 Å². The molecular formula is C18H17ClN6O2. The molecule has 8 nitrogen and oxygen atoms in total. The monoisotopic (exact) mass is 384 g/mol. The third-order valence-corrected chi connectivity index (χ3v) is 3.81. The van der Waals surface area contributed by atoms with Crippen molar-refractivity contribution in [2.24, 2.45) is 0 Å². The number of ether oxygens (including phenoxy) is 1.